The average molecular weight is 461 g/mol. The Morgan fingerprint density at radius 3 is 2.15 bits per heavy atom. The second kappa shape index (κ2) is 9.49. The number of nitrogens with one attached hydrogen (secondary N) is 1. The number of nitro benzene ring substituents is 2. The summed E-state index contributed by atoms with van der Waals surface area (Å²) in [6.45, 7) is 0. The molecule has 0 saturated carbocycles. The molecule has 0 fully saturated rings. The highest BCUT2D eigenvalue weighted by Gasteiger charge is 2.34. The van der Waals surface area contributed by atoms with E-state index in [1.54, 1.807) is 30.3 Å². The number of fused-ring (bicyclic) bond motifs is 1. The highest BCUT2D eigenvalue weighted by Crippen LogP contribution is 2.27. The Labute approximate surface area is 193 Å². The number of non-ortho nitro benzene ring substituents is 1. The molecule has 0 bridgehead atoms. The average Bonchev–Trinajstić information content (AvgIpc) is 2.84. The lowest BCUT2D eigenvalue weighted by Gasteiger charge is -2.33. The molecule has 1 aliphatic rings. The first-order chi connectivity index (χ1) is 16.3. The Bertz CT molecular complexity index is 1280. The predicted octanol–water partition coefficient (Wildman–Crippen LogP) is 3.63. The van der Waals surface area contributed by atoms with Gasteiger partial charge < -0.3 is 10.1 Å². The smallest absolute Gasteiger partial charge is 0.338 e. The van der Waals surface area contributed by atoms with Crippen molar-refractivity contribution in [1.29, 1.82) is 0 Å². The number of amides is 1. The van der Waals surface area contributed by atoms with Gasteiger partial charge in [-0.05, 0) is 35.7 Å². The van der Waals surface area contributed by atoms with Crippen molar-refractivity contribution in [2.75, 3.05) is 0 Å². The van der Waals surface area contributed by atoms with E-state index in [9.17, 15) is 29.8 Å². The zero-order valence-electron chi connectivity index (χ0n) is 17.7. The molecule has 1 amide bonds. The van der Waals surface area contributed by atoms with E-state index in [0.717, 1.165) is 29.3 Å². The third kappa shape index (κ3) is 4.75. The minimum Gasteiger partial charge on any atom is -0.456 e. The van der Waals surface area contributed by atoms with Crippen molar-refractivity contribution in [3.05, 3.63) is 115 Å². The van der Waals surface area contributed by atoms with Crippen LogP contribution in [0.3, 0.4) is 0 Å². The van der Waals surface area contributed by atoms with Crippen LogP contribution >= 0.6 is 0 Å². The van der Waals surface area contributed by atoms with Gasteiger partial charge in [0.2, 0.25) is 0 Å². The minimum absolute atomic E-state index is 0.317. The molecule has 3 aromatic rings. The Hall–Kier alpha value is -4.60. The molecule has 172 valence electrons. The van der Waals surface area contributed by atoms with Gasteiger partial charge >= 0.3 is 5.97 Å². The second-order valence-corrected chi connectivity index (χ2v) is 7.78. The summed E-state index contributed by atoms with van der Waals surface area (Å²) < 4.78 is 5.74. The normalized spacial score (nSPS) is 16.7. The van der Waals surface area contributed by atoms with Crippen LogP contribution in [0.1, 0.15) is 31.8 Å². The molecule has 0 unspecified atom stereocenters. The molecule has 4 rings (SSSR count). The lowest BCUT2D eigenvalue weighted by molar-refractivity contribution is -0.394. The second-order valence-electron chi connectivity index (χ2n) is 7.78. The van der Waals surface area contributed by atoms with Gasteiger partial charge in [-0.2, -0.15) is 0 Å². The third-order valence-corrected chi connectivity index (χ3v) is 5.65. The van der Waals surface area contributed by atoms with Gasteiger partial charge in [0.25, 0.3) is 17.3 Å². The molecule has 34 heavy (non-hydrogen) atoms. The van der Waals surface area contributed by atoms with Crippen molar-refractivity contribution in [3.8, 4) is 0 Å². The minimum atomic E-state index is -0.842. The summed E-state index contributed by atoms with van der Waals surface area (Å²) in [6, 6.07) is 18.1. The first-order valence-electron chi connectivity index (χ1n) is 10.4. The van der Waals surface area contributed by atoms with Gasteiger partial charge in [0.05, 0.1) is 27.5 Å². The molecule has 0 saturated heterocycles. The van der Waals surface area contributed by atoms with E-state index in [1.807, 2.05) is 24.3 Å². The Morgan fingerprint density at radius 2 is 1.50 bits per heavy atom. The maximum absolute atomic E-state index is 13.0. The van der Waals surface area contributed by atoms with Crippen molar-refractivity contribution in [2.45, 2.75) is 25.0 Å². The SMILES string of the molecule is O=C(O[C@@H]1Cc2ccccc2C[C@H]1NC(=O)c1ccc([N+](=O)[O-])cc1[N+](=O)[O-])c1ccccc1. The fraction of sp³-hybridized carbons (Fsp3) is 0.167. The summed E-state index contributed by atoms with van der Waals surface area (Å²) in [5.41, 5.74) is 0.795. The number of rotatable bonds is 6. The van der Waals surface area contributed by atoms with Gasteiger partial charge in [-0.3, -0.25) is 25.0 Å². The van der Waals surface area contributed by atoms with Crippen molar-refractivity contribution in [1.82, 2.24) is 5.32 Å². The molecule has 10 nitrogen and oxygen atoms in total. The maximum Gasteiger partial charge on any atom is 0.338 e. The summed E-state index contributed by atoms with van der Waals surface area (Å²) in [5, 5.41) is 25.2. The van der Waals surface area contributed by atoms with Crippen LogP contribution < -0.4 is 5.32 Å². The first-order valence-corrected chi connectivity index (χ1v) is 10.4. The number of nitrogens with zero attached hydrogens (tertiary/aromatic N) is 2. The fourth-order valence-corrected chi connectivity index (χ4v) is 3.95. The van der Waals surface area contributed by atoms with Gasteiger partial charge in [0.15, 0.2) is 0 Å². The molecule has 1 N–H and O–H groups in total. The standard InChI is InChI=1S/C24H19N3O7/c28-23(19-11-10-18(26(30)31)14-21(19)27(32)33)25-20-12-16-8-4-5-9-17(16)13-22(20)34-24(29)15-6-2-1-3-7-15/h1-11,14,20,22H,12-13H2,(H,25,28)/t20-,22-/m1/s1. The number of hydrogen-bond donors (Lipinski definition) is 1. The monoisotopic (exact) mass is 461 g/mol. The van der Waals surface area contributed by atoms with Crippen LogP contribution in [0.25, 0.3) is 0 Å². The van der Waals surface area contributed by atoms with E-state index in [4.69, 9.17) is 4.74 Å². The van der Waals surface area contributed by atoms with Crippen LogP contribution in [0.4, 0.5) is 11.4 Å². The van der Waals surface area contributed by atoms with E-state index in [1.165, 1.54) is 0 Å². The van der Waals surface area contributed by atoms with Crippen LogP contribution in [-0.4, -0.2) is 33.9 Å². The molecule has 10 heteroatoms. The number of carbonyl (C=O) groups excluding carboxylic acids is 2. The van der Waals surface area contributed by atoms with E-state index in [2.05, 4.69) is 5.32 Å². The van der Waals surface area contributed by atoms with Gasteiger partial charge in [-0.25, -0.2) is 4.79 Å². The van der Waals surface area contributed by atoms with E-state index >= 15 is 0 Å². The number of ether oxygens (including phenoxy) is 1. The molecule has 0 spiro atoms. The van der Waals surface area contributed by atoms with Crippen LogP contribution in [0.5, 0.6) is 0 Å². The molecule has 0 aliphatic heterocycles. The Balaban J connectivity index is 1.61. The van der Waals surface area contributed by atoms with Gasteiger partial charge in [-0.15, -0.1) is 0 Å². The molecule has 3 aromatic carbocycles. The first kappa shape index (κ1) is 22.6. The summed E-state index contributed by atoms with van der Waals surface area (Å²) in [7, 11) is 0. The molecule has 1 aliphatic carbocycles. The molecule has 2 atom stereocenters. The maximum atomic E-state index is 13.0. The molecule has 0 aromatic heterocycles. The zero-order chi connectivity index (χ0) is 24.2. The largest absolute Gasteiger partial charge is 0.456 e. The molecular weight excluding hydrogens is 442 g/mol. The molecule has 0 radical (unpaired) electrons. The number of esters is 1. The Morgan fingerprint density at radius 1 is 0.853 bits per heavy atom. The van der Waals surface area contributed by atoms with Crippen molar-refractivity contribution < 1.29 is 24.2 Å². The quantitative estimate of drug-likeness (QED) is 0.336. The van der Waals surface area contributed by atoms with Crippen molar-refractivity contribution >= 4 is 23.3 Å². The fourth-order valence-electron chi connectivity index (χ4n) is 3.95. The third-order valence-electron chi connectivity index (χ3n) is 5.65. The summed E-state index contributed by atoms with van der Waals surface area (Å²) in [6.07, 6.45) is -0.0269. The Kier molecular flexibility index (Phi) is 6.30. The highest BCUT2D eigenvalue weighted by molar-refractivity contribution is 5.98. The summed E-state index contributed by atoms with van der Waals surface area (Å²) in [4.78, 5) is 46.5. The van der Waals surface area contributed by atoms with Gasteiger partial charge in [0, 0.05) is 12.5 Å². The zero-order valence-corrected chi connectivity index (χ0v) is 17.7. The molecule has 0 heterocycles. The van der Waals surface area contributed by atoms with Gasteiger partial charge in [0.1, 0.15) is 11.7 Å². The lowest BCUT2D eigenvalue weighted by Crippen LogP contribution is -2.50. The number of nitro groups is 2. The van der Waals surface area contributed by atoms with E-state index in [0.29, 0.717) is 18.4 Å². The van der Waals surface area contributed by atoms with Gasteiger partial charge in [-0.1, -0.05) is 42.5 Å². The van der Waals surface area contributed by atoms with Crippen molar-refractivity contribution in [3.63, 3.8) is 0 Å². The van der Waals surface area contributed by atoms with Crippen LogP contribution in [0.15, 0.2) is 72.8 Å². The topological polar surface area (TPSA) is 142 Å². The van der Waals surface area contributed by atoms with Crippen molar-refractivity contribution in [2.24, 2.45) is 0 Å². The number of benzene rings is 3. The van der Waals surface area contributed by atoms with E-state index < -0.39 is 45.2 Å². The lowest BCUT2D eigenvalue weighted by atomic mass is 9.86. The number of hydrogen-bond acceptors (Lipinski definition) is 7. The van der Waals surface area contributed by atoms with E-state index in [-0.39, 0.29) is 5.56 Å². The molecular formula is C24H19N3O7. The number of carbonyl (C=O) groups is 2. The van der Waals surface area contributed by atoms with Crippen LogP contribution in [0.2, 0.25) is 0 Å². The summed E-state index contributed by atoms with van der Waals surface area (Å²) >= 11 is 0. The highest BCUT2D eigenvalue weighted by atomic mass is 16.6. The summed E-state index contributed by atoms with van der Waals surface area (Å²) in [5.74, 6) is -1.34. The van der Waals surface area contributed by atoms with Crippen LogP contribution in [0, 0.1) is 20.2 Å². The van der Waals surface area contributed by atoms with Crippen LogP contribution in [-0.2, 0) is 17.6 Å². The predicted molar refractivity (Wildman–Crippen MR) is 121 cm³/mol.